The largest absolute Gasteiger partial charge is 0.343 e. The summed E-state index contributed by atoms with van der Waals surface area (Å²) in [7, 11) is 0. The summed E-state index contributed by atoms with van der Waals surface area (Å²) in [5.41, 5.74) is 0.913. The molecule has 0 aliphatic carbocycles. The van der Waals surface area contributed by atoms with Crippen molar-refractivity contribution in [3.8, 4) is 0 Å². The second-order valence-electron chi connectivity index (χ2n) is 3.75. The SMILES string of the molecule is Fc1ccc(C2(CCCI)OCCO2)cc1. The van der Waals surface area contributed by atoms with Gasteiger partial charge in [0.1, 0.15) is 5.82 Å². The first-order valence-electron chi connectivity index (χ1n) is 5.37. The molecule has 88 valence electrons. The van der Waals surface area contributed by atoms with Crippen molar-refractivity contribution in [2.75, 3.05) is 17.6 Å². The van der Waals surface area contributed by atoms with Crippen molar-refractivity contribution in [2.45, 2.75) is 18.6 Å². The maximum atomic E-state index is 12.9. The third kappa shape index (κ3) is 2.55. The molecule has 1 saturated heterocycles. The summed E-state index contributed by atoms with van der Waals surface area (Å²) >= 11 is 2.33. The second kappa shape index (κ2) is 5.42. The lowest BCUT2D eigenvalue weighted by atomic mass is 10.0. The van der Waals surface area contributed by atoms with E-state index < -0.39 is 5.79 Å². The van der Waals surface area contributed by atoms with Crippen LogP contribution < -0.4 is 0 Å². The van der Waals surface area contributed by atoms with Gasteiger partial charge in [0.05, 0.1) is 13.2 Å². The van der Waals surface area contributed by atoms with Gasteiger partial charge in [0.2, 0.25) is 0 Å². The lowest BCUT2D eigenvalue weighted by molar-refractivity contribution is -0.170. The van der Waals surface area contributed by atoms with Gasteiger partial charge in [-0.1, -0.05) is 34.7 Å². The van der Waals surface area contributed by atoms with Gasteiger partial charge < -0.3 is 9.47 Å². The molecular weight excluding hydrogens is 322 g/mol. The minimum Gasteiger partial charge on any atom is -0.343 e. The van der Waals surface area contributed by atoms with Gasteiger partial charge in [-0.3, -0.25) is 0 Å². The van der Waals surface area contributed by atoms with Crippen molar-refractivity contribution in [1.29, 1.82) is 0 Å². The summed E-state index contributed by atoms with van der Waals surface area (Å²) < 4.78 is 25.4. The highest BCUT2D eigenvalue weighted by Gasteiger charge is 2.37. The molecule has 0 saturated carbocycles. The molecule has 1 aromatic rings. The van der Waals surface area contributed by atoms with Crippen molar-refractivity contribution in [3.05, 3.63) is 35.6 Å². The first-order valence-corrected chi connectivity index (χ1v) is 6.89. The molecule has 2 nitrogen and oxygen atoms in total. The summed E-state index contributed by atoms with van der Waals surface area (Å²) in [6.45, 7) is 1.22. The minimum atomic E-state index is -0.640. The van der Waals surface area contributed by atoms with Crippen LogP contribution in [0.3, 0.4) is 0 Å². The van der Waals surface area contributed by atoms with Crippen LogP contribution in [0, 0.1) is 5.82 Å². The van der Waals surface area contributed by atoms with Gasteiger partial charge in [-0.05, 0) is 23.0 Å². The van der Waals surface area contributed by atoms with Crippen LogP contribution in [0.15, 0.2) is 24.3 Å². The molecule has 0 unspecified atom stereocenters. The summed E-state index contributed by atoms with van der Waals surface area (Å²) in [5.74, 6) is -0.871. The maximum Gasteiger partial charge on any atom is 0.195 e. The maximum absolute atomic E-state index is 12.9. The summed E-state index contributed by atoms with van der Waals surface area (Å²) in [6.07, 6.45) is 1.85. The molecule has 0 atom stereocenters. The normalized spacial score (nSPS) is 18.9. The van der Waals surface area contributed by atoms with Gasteiger partial charge in [-0.15, -0.1) is 0 Å². The van der Waals surface area contributed by atoms with Crippen molar-refractivity contribution in [1.82, 2.24) is 0 Å². The van der Waals surface area contributed by atoms with Crippen LogP contribution in [0.25, 0.3) is 0 Å². The number of hydrogen-bond acceptors (Lipinski definition) is 2. The zero-order valence-electron chi connectivity index (χ0n) is 8.92. The van der Waals surface area contributed by atoms with Crippen molar-refractivity contribution < 1.29 is 13.9 Å². The van der Waals surface area contributed by atoms with Crippen LogP contribution in [-0.2, 0) is 15.3 Å². The van der Waals surface area contributed by atoms with Crippen LogP contribution in [0.2, 0.25) is 0 Å². The first kappa shape index (κ1) is 12.3. The standard InChI is InChI=1S/C12H14FIO2/c13-11-4-2-10(3-5-11)12(6-1-7-14)15-8-9-16-12/h2-5H,1,6-9H2. The molecule has 1 aliphatic heterocycles. The van der Waals surface area contributed by atoms with Gasteiger partial charge >= 0.3 is 0 Å². The molecule has 0 amide bonds. The van der Waals surface area contributed by atoms with E-state index in [2.05, 4.69) is 22.6 Å². The Kier molecular flexibility index (Phi) is 4.16. The van der Waals surface area contributed by atoms with E-state index in [4.69, 9.17) is 9.47 Å². The number of alkyl halides is 1. The van der Waals surface area contributed by atoms with Crippen LogP contribution in [-0.4, -0.2) is 17.6 Å². The molecule has 4 heteroatoms. The topological polar surface area (TPSA) is 18.5 Å². The number of rotatable bonds is 4. The predicted octanol–water partition coefficient (Wildman–Crippen LogP) is 3.24. The fourth-order valence-corrected chi connectivity index (χ4v) is 2.29. The summed E-state index contributed by atoms with van der Waals surface area (Å²) in [5, 5.41) is 0. The molecule has 1 aliphatic rings. The molecule has 0 aromatic heterocycles. The third-order valence-corrected chi connectivity index (χ3v) is 3.44. The van der Waals surface area contributed by atoms with Crippen LogP contribution in [0.1, 0.15) is 18.4 Å². The van der Waals surface area contributed by atoms with Gasteiger partial charge in [0.15, 0.2) is 5.79 Å². The Morgan fingerprint density at radius 1 is 1.19 bits per heavy atom. The van der Waals surface area contributed by atoms with Crippen molar-refractivity contribution in [3.63, 3.8) is 0 Å². The highest BCUT2D eigenvalue weighted by atomic mass is 127. The monoisotopic (exact) mass is 336 g/mol. The smallest absolute Gasteiger partial charge is 0.195 e. The Hall–Kier alpha value is -0.200. The van der Waals surface area contributed by atoms with E-state index in [1.54, 1.807) is 12.1 Å². The highest BCUT2D eigenvalue weighted by molar-refractivity contribution is 14.1. The van der Waals surface area contributed by atoms with E-state index in [-0.39, 0.29) is 5.82 Å². The lowest BCUT2D eigenvalue weighted by Gasteiger charge is -2.27. The summed E-state index contributed by atoms with van der Waals surface area (Å²) in [6, 6.07) is 6.39. The quantitative estimate of drug-likeness (QED) is 0.621. The fraction of sp³-hybridized carbons (Fsp3) is 0.500. The number of ether oxygens (including phenoxy) is 2. The van der Waals surface area contributed by atoms with E-state index in [9.17, 15) is 4.39 Å². The molecule has 16 heavy (non-hydrogen) atoms. The molecule has 1 aromatic carbocycles. The number of benzene rings is 1. The molecular formula is C12H14FIO2. The Balaban J connectivity index is 2.21. The van der Waals surface area contributed by atoms with Gasteiger partial charge in [-0.25, -0.2) is 4.39 Å². The number of halogens is 2. The molecule has 0 N–H and O–H groups in total. The predicted molar refractivity (Wildman–Crippen MR) is 68.1 cm³/mol. The Morgan fingerprint density at radius 3 is 2.38 bits per heavy atom. The molecule has 1 fully saturated rings. The van der Waals surface area contributed by atoms with Gasteiger partial charge in [0.25, 0.3) is 0 Å². The molecule has 0 spiro atoms. The van der Waals surface area contributed by atoms with Crippen LogP contribution >= 0.6 is 22.6 Å². The van der Waals surface area contributed by atoms with Crippen molar-refractivity contribution in [2.24, 2.45) is 0 Å². The van der Waals surface area contributed by atoms with E-state index in [0.717, 1.165) is 22.8 Å². The first-order chi connectivity index (χ1) is 7.77. The Bertz CT molecular complexity index is 333. The number of hydrogen-bond donors (Lipinski definition) is 0. The lowest BCUT2D eigenvalue weighted by Crippen LogP contribution is -2.27. The van der Waals surface area contributed by atoms with E-state index >= 15 is 0 Å². The summed E-state index contributed by atoms with van der Waals surface area (Å²) in [4.78, 5) is 0. The third-order valence-electron chi connectivity index (χ3n) is 2.68. The molecule has 1 heterocycles. The fourth-order valence-electron chi connectivity index (χ4n) is 1.91. The van der Waals surface area contributed by atoms with Gasteiger partial charge in [0, 0.05) is 12.0 Å². The molecule has 0 radical (unpaired) electrons. The zero-order chi connectivity index (χ0) is 11.4. The zero-order valence-corrected chi connectivity index (χ0v) is 11.1. The average Bonchev–Trinajstić information content (AvgIpc) is 2.77. The Morgan fingerprint density at radius 2 is 1.81 bits per heavy atom. The van der Waals surface area contributed by atoms with Crippen LogP contribution in [0.5, 0.6) is 0 Å². The van der Waals surface area contributed by atoms with Crippen molar-refractivity contribution >= 4 is 22.6 Å². The highest BCUT2D eigenvalue weighted by Crippen LogP contribution is 2.36. The van der Waals surface area contributed by atoms with E-state index in [0.29, 0.717) is 13.2 Å². The Labute approximate surface area is 108 Å². The van der Waals surface area contributed by atoms with Gasteiger partial charge in [-0.2, -0.15) is 0 Å². The van der Waals surface area contributed by atoms with E-state index in [1.807, 2.05) is 0 Å². The average molecular weight is 336 g/mol. The molecule has 0 bridgehead atoms. The van der Waals surface area contributed by atoms with E-state index in [1.165, 1.54) is 12.1 Å². The minimum absolute atomic E-state index is 0.231. The second-order valence-corrected chi connectivity index (χ2v) is 4.83. The molecule has 2 rings (SSSR count). The van der Waals surface area contributed by atoms with Crippen LogP contribution in [0.4, 0.5) is 4.39 Å².